The Kier molecular flexibility index (Phi) is 2.37. The van der Waals surface area contributed by atoms with Crippen molar-refractivity contribution in [1.82, 2.24) is 0 Å². The van der Waals surface area contributed by atoms with Crippen molar-refractivity contribution in [2.24, 2.45) is 5.73 Å². The first-order valence-electron chi connectivity index (χ1n) is 3.52. The maximum Gasteiger partial charge on any atom is 0.416 e. The third-order valence-electron chi connectivity index (χ3n) is 1.53. The predicted octanol–water partition coefficient (Wildman–Crippen LogP) is 1.51. The minimum Gasteiger partial charge on any atom is -0.508 e. The molecule has 1 amide bonds. The van der Waals surface area contributed by atoms with Gasteiger partial charge in [-0.1, -0.05) is 0 Å². The Morgan fingerprint density at radius 1 is 1.29 bits per heavy atom. The number of alkyl halides is 3. The van der Waals surface area contributed by atoms with E-state index in [9.17, 15) is 18.0 Å². The van der Waals surface area contributed by atoms with E-state index < -0.39 is 23.4 Å². The standard InChI is InChI=1S/C8H6F3NO2/c9-8(10,11)5-1-4(7(12)14)2-6(13)3-5/h1-3,13H,(H2,12,14). The normalized spacial score (nSPS) is 11.4. The highest BCUT2D eigenvalue weighted by Crippen LogP contribution is 2.32. The quantitative estimate of drug-likeness (QED) is 0.729. The van der Waals surface area contributed by atoms with Crippen molar-refractivity contribution < 1.29 is 23.1 Å². The summed E-state index contributed by atoms with van der Waals surface area (Å²) < 4.78 is 36.4. The van der Waals surface area contributed by atoms with Crippen molar-refractivity contribution in [3.63, 3.8) is 0 Å². The van der Waals surface area contributed by atoms with Crippen LogP contribution in [0.3, 0.4) is 0 Å². The van der Waals surface area contributed by atoms with E-state index in [1.165, 1.54) is 0 Å². The van der Waals surface area contributed by atoms with E-state index in [-0.39, 0.29) is 5.56 Å². The molecule has 6 heteroatoms. The summed E-state index contributed by atoms with van der Waals surface area (Å²) in [5.41, 5.74) is 3.29. The molecule has 0 bridgehead atoms. The minimum atomic E-state index is -4.61. The third-order valence-corrected chi connectivity index (χ3v) is 1.53. The van der Waals surface area contributed by atoms with Crippen LogP contribution in [0.2, 0.25) is 0 Å². The number of phenols is 1. The summed E-state index contributed by atoms with van der Waals surface area (Å²) in [5, 5.41) is 8.90. The molecule has 3 nitrogen and oxygen atoms in total. The monoisotopic (exact) mass is 205 g/mol. The van der Waals surface area contributed by atoms with Crippen LogP contribution in [0.25, 0.3) is 0 Å². The van der Waals surface area contributed by atoms with Crippen molar-refractivity contribution >= 4 is 5.91 Å². The Morgan fingerprint density at radius 2 is 1.86 bits per heavy atom. The summed E-state index contributed by atoms with van der Waals surface area (Å²) in [6.07, 6.45) is -4.61. The summed E-state index contributed by atoms with van der Waals surface area (Å²) in [6.45, 7) is 0. The zero-order valence-electron chi connectivity index (χ0n) is 6.80. The van der Waals surface area contributed by atoms with E-state index in [0.717, 1.165) is 6.07 Å². The van der Waals surface area contributed by atoms with Gasteiger partial charge in [-0.2, -0.15) is 13.2 Å². The third kappa shape index (κ3) is 2.15. The van der Waals surface area contributed by atoms with Gasteiger partial charge >= 0.3 is 6.18 Å². The first-order chi connectivity index (χ1) is 6.30. The SMILES string of the molecule is NC(=O)c1cc(O)cc(C(F)(F)F)c1. The number of primary amides is 1. The number of halogens is 3. The van der Waals surface area contributed by atoms with Crippen LogP contribution in [0.1, 0.15) is 15.9 Å². The van der Waals surface area contributed by atoms with E-state index in [1.807, 2.05) is 0 Å². The van der Waals surface area contributed by atoms with Crippen molar-refractivity contribution in [3.8, 4) is 5.75 Å². The Labute approximate surface area is 77.0 Å². The second-order valence-corrected chi connectivity index (χ2v) is 2.63. The maximum absolute atomic E-state index is 12.1. The van der Waals surface area contributed by atoms with Gasteiger partial charge in [-0.25, -0.2) is 0 Å². The molecule has 0 radical (unpaired) electrons. The molecule has 0 aliphatic carbocycles. The van der Waals surface area contributed by atoms with Gasteiger partial charge in [0.2, 0.25) is 5.91 Å². The van der Waals surface area contributed by atoms with Gasteiger partial charge in [0.25, 0.3) is 0 Å². The van der Waals surface area contributed by atoms with E-state index >= 15 is 0 Å². The second-order valence-electron chi connectivity index (χ2n) is 2.63. The van der Waals surface area contributed by atoms with E-state index in [0.29, 0.717) is 12.1 Å². The van der Waals surface area contributed by atoms with Gasteiger partial charge in [-0.15, -0.1) is 0 Å². The molecule has 0 heterocycles. The first kappa shape index (κ1) is 10.4. The van der Waals surface area contributed by atoms with Crippen LogP contribution in [0.4, 0.5) is 13.2 Å². The molecule has 0 unspecified atom stereocenters. The van der Waals surface area contributed by atoms with Crippen LogP contribution in [0.15, 0.2) is 18.2 Å². The topological polar surface area (TPSA) is 63.3 Å². The molecule has 1 aromatic rings. The number of carbonyl (C=O) groups excluding carboxylic acids is 1. The van der Waals surface area contributed by atoms with Crippen LogP contribution >= 0.6 is 0 Å². The van der Waals surface area contributed by atoms with Crippen molar-refractivity contribution in [2.45, 2.75) is 6.18 Å². The molecular formula is C8H6F3NO2. The molecule has 1 rings (SSSR count). The number of aromatic hydroxyl groups is 1. The van der Waals surface area contributed by atoms with Gasteiger partial charge in [0, 0.05) is 5.56 Å². The molecule has 0 saturated carbocycles. The summed E-state index contributed by atoms with van der Waals surface area (Å²) in [5.74, 6) is -1.67. The number of phenolic OH excluding ortho intramolecular Hbond substituents is 1. The molecular weight excluding hydrogens is 199 g/mol. The zero-order valence-corrected chi connectivity index (χ0v) is 6.80. The lowest BCUT2D eigenvalue weighted by Gasteiger charge is -2.08. The lowest BCUT2D eigenvalue weighted by atomic mass is 10.1. The van der Waals surface area contributed by atoms with Crippen LogP contribution in [-0.2, 0) is 6.18 Å². The molecule has 0 atom stereocenters. The number of carbonyl (C=O) groups is 1. The second kappa shape index (κ2) is 3.21. The van der Waals surface area contributed by atoms with Gasteiger partial charge < -0.3 is 10.8 Å². The highest BCUT2D eigenvalue weighted by Gasteiger charge is 2.31. The molecule has 0 spiro atoms. The molecule has 0 fully saturated rings. The van der Waals surface area contributed by atoms with Gasteiger partial charge in [0.15, 0.2) is 0 Å². The van der Waals surface area contributed by atoms with E-state index in [1.54, 1.807) is 0 Å². The minimum absolute atomic E-state index is 0.377. The Balaban J connectivity index is 3.28. The zero-order chi connectivity index (χ0) is 10.9. The fourth-order valence-electron chi connectivity index (χ4n) is 0.917. The summed E-state index contributed by atoms with van der Waals surface area (Å²) in [6, 6.07) is 1.98. The Morgan fingerprint density at radius 3 is 2.29 bits per heavy atom. The molecule has 0 saturated heterocycles. The number of hydrogen-bond acceptors (Lipinski definition) is 2. The average molecular weight is 205 g/mol. The first-order valence-corrected chi connectivity index (χ1v) is 3.52. The van der Waals surface area contributed by atoms with E-state index in [4.69, 9.17) is 10.8 Å². The summed E-state index contributed by atoms with van der Waals surface area (Å²) in [4.78, 5) is 10.6. The highest BCUT2D eigenvalue weighted by atomic mass is 19.4. The average Bonchev–Trinajstić information content (AvgIpc) is 2.01. The van der Waals surface area contributed by atoms with Crippen molar-refractivity contribution in [1.29, 1.82) is 0 Å². The highest BCUT2D eigenvalue weighted by molar-refractivity contribution is 5.93. The lowest BCUT2D eigenvalue weighted by molar-refractivity contribution is -0.137. The molecule has 1 aromatic carbocycles. The van der Waals surface area contributed by atoms with Gasteiger partial charge in [-0.3, -0.25) is 4.79 Å². The van der Waals surface area contributed by atoms with E-state index in [2.05, 4.69) is 0 Å². The van der Waals surface area contributed by atoms with Crippen LogP contribution < -0.4 is 5.73 Å². The number of nitrogens with two attached hydrogens (primary N) is 1. The Hall–Kier alpha value is -1.72. The lowest BCUT2D eigenvalue weighted by Crippen LogP contribution is -2.13. The summed E-state index contributed by atoms with van der Waals surface area (Å²) in [7, 11) is 0. The molecule has 76 valence electrons. The number of hydrogen-bond donors (Lipinski definition) is 2. The number of rotatable bonds is 1. The van der Waals surface area contributed by atoms with Gasteiger partial charge in [0.05, 0.1) is 5.56 Å². The molecule has 0 aliphatic heterocycles. The van der Waals surface area contributed by atoms with Crippen LogP contribution in [-0.4, -0.2) is 11.0 Å². The molecule has 3 N–H and O–H groups in total. The van der Waals surface area contributed by atoms with Crippen molar-refractivity contribution in [2.75, 3.05) is 0 Å². The maximum atomic E-state index is 12.1. The fraction of sp³-hybridized carbons (Fsp3) is 0.125. The number of amides is 1. The van der Waals surface area contributed by atoms with Gasteiger partial charge in [-0.05, 0) is 18.2 Å². The smallest absolute Gasteiger partial charge is 0.416 e. The number of benzene rings is 1. The van der Waals surface area contributed by atoms with Crippen molar-refractivity contribution in [3.05, 3.63) is 29.3 Å². The molecule has 0 aliphatic rings. The predicted molar refractivity (Wildman–Crippen MR) is 41.6 cm³/mol. The summed E-state index contributed by atoms with van der Waals surface area (Å²) >= 11 is 0. The van der Waals surface area contributed by atoms with Crippen LogP contribution in [0.5, 0.6) is 5.75 Å². The largest absolute Gasteiger partial charge is 0.508 e. The fourth-order valence-corrected chi connectivity index (χ4v) is 0.917. The molecule has 0 aromatic heterocycles. The molecule has 14 heavy (non-hydrogen) atoms. The van der Waals surface area contributed by atoms with Crippen LogP contribution in [0, 0.1) is 0 Å². The van der Waals surface area contributed by atoms with Gasteiger partial charge in [0.1, 0.15) is 5.75 Å². The Bertz CT molecular complexity index is 373.